The summed E-state index contributed by atoms with van der Waals surface area (Å²) in [5.41, 5.74) is 15.1. The van der Waals surface area contributed by atoms with Gasteiger partial charge in [-0.25, -0.2) is 0 Å². The van der Waals surface area contributed by atoms with Gasteiger partial charge < -0.3 is 22.5 Å². The van der Waals surface area contributed by atoms with Crippen molar-refractivity contribution in [3.63, 3.8) is 0 Å². The Kier molecular flexibility index (Phi) is 4.86. The van der Waals surface area contributed by atoms with Crippen LogP contribution in [0.5, 0.6) is 0 Å². The Bertz CT molecular complexity index is 321. The van der Waals surface area contributed by atoms with Crippen molar-refractivity contribution in [2.24, 2.45) is 22.2 Å². The Morgan fingerprint density at radius 1 is 1.33 bits per heavy atom. The number of nitrogens with one attached hydrogen (secondary N) is 1. The fourth-order valence-electron chi connectivity index (χ4n) is 0.682. The summed E-state index contributed by atoms with van der Waals surface area (Å²) in [5, 5.41) is 2.66. The number of amidine groups is 1. The molecule has 0 fully saturated rings. The van der Waals surface area contributed by atoms with Crippen molar-refractivity contribution in [1.29, 1.82) is 0 Å². The van der Waals surface area contributed by atoms with E-state index in [2.05, 4.69) is 10.3 Å². The second-order valence-electron chi connectivity index (χ2n) is 2.84. The maximum atomic E-state index is 10.7. The van der Waals surface area contributed by atoms with E-state index >= 15 is 0 Å². The molecule has 84 valence electrons. The van der Waals surface area contributed by atoms with Crippen molar-refractivity contribution >= 4 is 17.6 Å². The number of carbonyl (C=O) groups is 2. The molecule has 0 saturated heterocycles. The van der Waals surface area contributed by atoms with Gasteiger partial charge in [-0.2, -0.15) is 0 Å². The minimum absolute atomic E-state index is 0.153. The zero-order valence-corrected chi connectivity index (χ0v) is 8.65. The first-order valence-electron chi connectivity index (χ1n) is 4.18. The molecule has 0 heterocycles. The molecule has 0 bridgehead atoms. The number of nitrogens with two attached hydrogens (primary N) is 3. The van der Waals surface area contributed by atoms with Gasteiger partial charge in [0, 0.05) is 13.1 Å². The minimum atomic E-state index is -0.760. The van der Waals surface area contributed by atoms with Gasteiger partial charge >= 0.3 is 0 Å². The monoisotopic (exact) mass is 213 g/mol. The SMILES string of the molecule is CN=C(C=C(N)C(N)=O)N[C@@H](C)C(N)=O. The van der Waals surface area contributed by atoms with Crippen molar-refractivity contribution in [2.45, 2.75) is 13.0 Å². The molecule has 0 aromatic heterocycles. The summed E-state index contributed by atoms with van der Waals surface area (Å²) in [6, 6.07) is -0.611. The highest BCUT2D eigenvalue weighted by Gasteiger charge is 2.09. The zero-order valence-electron chi connectivity index (χ0n) is 8.65. The lowest BCUT2D eigenvalue weighted by atomic mass is 10.3. The van der Waals surface area contributed by atoms with Gasteiger partial charge in [-0.1, -0.05) is 0 Å². The fourth-order valence-corrected chi connectivity index (χ4v) is 0.682. The highest BCUT2D eigenvalue weighted by molar-refractivity contribution is 6.03. The molecule has 0 rings (SSSR count). The van der Waals surface area contributed by atoms with Crippen LogP contribution in [0.25, 0.3) is 0 Å². The lowest BCUT2D eigenvalue weighted by Crippen LogP contribution is -2.42. The van der Waals surface area contributed by atoms with Crippen LogP contribution in [0.1, 0.15) is 6.92 Å². The van der Waals surface area contributed by atoms with Gasteiger partial charge in [-0.15, -0.1) is 0 Å². The van der Waals surface area contributed by atoms with Crippen LogP contribution in [0.2, 0.25) is 0 Å². The molecule has 0 aliphatic carbocycles. The van der Waals surface area contributed by atoms with E-state index in [4.69, 9.17) is 17.2 Å². The molecule has 0 saturated carbocycles. The molecule has 0 aliphatic heterocycles. The molecule has 2 amide bonds. The second kappa shape index (κ2) is 5.63. The molecule has 0 unspecified atom stereocenters. The third kappa shape index (κ3) is 4.65. The molecular weight excluding hydrogens is 198 g/mol. The van der Waals surface area contributed by atoms with E-state index in [-0.39, 0.29) is 11.5 Å². The average molecular weight is 213 g/mol. The normalized spacial score (nSPS) is 14.5. The summed E-state index contributed by atoms with van der Waals surface area (Å²) in [6.07, 6.45) is 1.24. The van der Waals surface area contributed by atoms with Crippen molar-refractivity contribution in [1.82, 2.24) is 5.32 Å². The maximum absolute atomic E-state index is 10.7. The summed E-state index contributed by atoms with van der Waals surface area (Å²) in [5.74, 6) is -1.04. The van der Waals surface area contributed by atoms with E-state index in [0.717, 1.165) is 0 Å². The first kappa shape index (κ1) is 12.9. The number of amides is 2. The van der Waals surface area contributed by atoms with Gasteiger partial charge in [0.15, 0.2) is 0 Å². The standard InChI is InChI=1S/C8H15N5O2/c1-4(7(10)14)13-6(12-2)3-5(9)8(11)15/h3-4H,9H2,1-2H3,(H2,10,14)(H2,11,15)(H,12,13)/t4-/m0/s1. The number of nitrogens with zero attached hydrogens (tertiary/aromatic N) is 1. The first-order chi connectivity index (χ1) is 6.88. The Morgan fingerprint density at radius 3 is 2.20 bits per heavy atom. The van der Waals surface area contributed by atoms with Crippen LogP contribution in [-0.4, -0.2) is 30.7 Å². The molecule has 0 spiro atoms. The summed E-state index contributed by atoms with van der Waals surface area (Å²) >= 11 is 0. The molecular formula is C8H15N5O2. The third-order valence-corrected chi connectivity index (χ3v) is 1.61. The lowest BCUT2D eigenvalue weighted by Gasteiger charge is -2.11. The van der Waals surface area contributed by atoms with Crippen molar-refractivity contribution in [3.05, 3.63) is 11.8 Å². The van der Waals surface area contributed by atoms with Crippen molar-refractivity contribution < 1.29 is 9.59 Å². The summed E-state index contributed by atoms with van der Waals surface area (Å²) < 4.78 is 0. The molecule has 7 N–H and O–H groups in total. The van der Waals surface area contributed by atoms with Crippen LogP contribution in [0, 0.1) is 0 Å². The maximum Gasteiger partial charge on any atom is 0.264 e. The Labute approximate surface area is 87.4 Å². The topological polar surface area (TPSA) is 137 Å². The van der Waals surface area contributed by atoms with Gasteiger partial charge in [0.25, 0.3) is 5.91 Å². The predicted molar refractivity (Wildman–Crippen MR) is 56.6 cm³/mol. The van der Waals surface area contributed by atoms with Crippen LogP contribution in [0.3, 0.4) is 0 Å². The molecule has 0 aliphatic rings. The number of primary amides is 2. The molecule has 1 atom stereocenters. The van der Waals surface area contributed by atoms with Crippen LogP contribution in [-0.2, 0) is 9.59 Å². The predicted octanol–water partition coefficient (Wildman–Crippen LogP) is -2.19. The minimum Gasteiger partial charge on any atom is -0.394 e. The van der Waals surface area contributed by atoms with Crippen LogP contribution >= 0.6 is 0 Å². The number of aliphatic imine (C=N–C) groups is 1. The van der Waals surface area contributed by atoms with E-state index in [1.807, 2.05) is 0 Å². The number of hydrogen-bond donors (Lipinski definition) is 4. The van der Waals surface area contributed by atoms with Crippen molar-refractivity contribution in [3.8, 4) is 0 Å². The molecule has 0 aromatic carbocycles. The lowest BCUT2D eigenvalue weighted by molar-refractivity contribution is -0.119. The first-order valence-corrected chi connectivity index (χ1v) is 4.18. The van der Waals surface area contributed by atoms with Gasteiger partial charge in [0.1, 0.15) is 17.6 Å². The molecule has 15 heavy (non-hydrogen) atoms. The third-order valence-electron chi connectivity index (χ3n) is 1.61. The van der Waals surface area contributed by atoms with Crippen molar-refractivity contribution in [2.75, 3.05) is 7.05 Å². The van der Waals surface area contributed by atoms with Crippen LogP contribution in [0.15, 0.2) is 16.8 Å². The quantitative estimate of drug-likeness (QED) is 0.239. The van der Waals surface area contributed by atoms with E-state index in [9.17, 15) is 9.59 Å². The fraction of sp³-hybridized carbons (Fsp3) is 0.375. The highest BCUT2D eigenvalue weighted by Crippen LogP contribution is 1.87. The molecule has 0 aromatic rings. The highest BCUT2D eigenvalue weighted by atomic mass is 16.1. The van der Waals surface area contributed by atoms with E-state index < -0.39 is 17.9 Å². The molecule has 7 nitrogen and oxygen atoms in total. The van der Waals surface area contributed by atoms with Gasteiger partial charge in [-0.05, 0) is 6.92 Å². The number of carbonyl (C=O) groups excluding carboxylic acids is 2. The average Bonchev–Trinajstić information content (AvgIpc) is 2.15. The Morgan fingerprint density at radius 2 is 1.87 bits per heavy atom. The van der Waals surface area contributed by atoms with E-state index in [1.165, 1.54) is 13.1 Å². The van der Waals surface area contributed by atoms with Gasteiger partial charge in [0.2, 0.25) is 5.91 Å². The van der Waals surface area contributed by atoms with Crippen LogP contribution in [0.4, 0.5) is 0 Å². The summed E-state index contributed by atoms with van der Waals surface area (Å²) in [7, 11) is 1.47. The zero-order chi connectivity index (χ0) is 12.0. The Balaban J connectivity index is 4.61. The van der Waals surface area contributed by atoms with E-state index in [1.54, 1.807) is 6.92 Å². The largest absolute Gasteiger partial charge is 0.394 e. The van der Waals surface area contributed by atoms with E-state index in [0.29, 0.717) is 0 Å². The number of rotatable bonds is 4. The number of hydrogen-bond acceptors (Lipinski definition) is 4. The van der Waals surface area contributed by atoms with Crippen LogP contribution < -0.4 is 22.5 Å². The Hall–Kier alpha value is -2.05. The summed E-state index contributed by atoms with van der Waals surface area (Å²) in [6.45, 7) is 1.56. The van der Waals surface area contributed by atoms with Gasteiger partial charge in [0.05, 0.1) is 0 Å². The second-order valence-corrected chi connectivity index (χ2v) is 2.84. The molecule has 0 radical (unpaired) electrons. The smallest absolute Gasteiger partial charge is 0.264 e. The molecule has 7 heteroatoms. The summed E-state index contributed by atoms with van der Waals surface area (Å²) in [4.78, 5) is 25.1. The van der Waals surface area contributed by atoms with Gasteiger partial charge in [-0.3, -0.25) is 14.6 Å².